The van der Waals surface area contributed by atoms with Crippen molar-refractivity contribution < 1.29 is 14.3 Å². The molecule has 0 radical (unpaired) electrons. The molecule has 1 aromatic carbocycles. The zero-order valence-corrected chi connectivity index (χ0v) is 12.9. The molecule has 1 aliphatic carbocycles. The molecule has 1 aliphatic rings. The SMILES string of the molecule is COc1cc(C)c(NC(=O)[C@@H]2CCC[C@@H]2CN)cc1OC. The molecule has 1 saturated carbocycles. The first-order chi connectivity index (χ1) is 10.1. The highest BCUT2D eigenvalue weighted by molar-refractivity contribution is 5.94. The number of amides is 1. The van der Waals surface area contributed by atoms with Gasteiger partial charge < -0.3 is 20.5 Å². The van der Waals surface area contributed by atoms with E-state index in [9.17, 15) is 4.79 Å². The van der Waals surface area contributed by atoms with E-state index in [1.165, 1.54) is 0 Å². The van der Waals surface area contributed by atoms with Crippen LogP contribution in [0.1, 0.15) is 24.8 Å². The fourth-order valence-electron chi connectivity index (χ4n) is 3.00. The summed E-state index contributed by atoms with van der Waals surface area (Å²) >= 11 is 0. The molecule has 116 valence electrons. The van der Waals surface area contributed by atoms with Gasteiger partial charge in [-0.3, -0.25) is 4.79 Å². The number of methoxy groups -OCH3 is 2. The minimum Gasteiger partial charge on any atom is -0.493 e. The Hall–Kier alpha value is -1.75. The predicted octanol–water partition coefficient (Wildman–Crippen LogP) is 2.33. The van der Waals surface area contributed by atoms with Crippen molar-refractivity contribution >= 4 is 11.6 Å². The average molecular weight is 292 g/mol. The lowest BCUT2D eigenvalue weighted by atomic mass is 9.95. The van der Waals surface area contributed by atoms with Crippen LogP contribution in [0.25, 0.3) is 0 Å². The number of hydrogen-bond donors (Lipinski definition) is 2. The number of anilines is 1. The van der Waals surface area contributed by atoms with Crippen molar-refractivity contribution in [1.82, 2.24) is 0 Å². The Morgan fingerprint density at radius 2 is 1.95 bits per heavy atom. The third kappa shape index (κ3) is 3.29. The summed E-state index contributed by atoms with van der Waals surface area (Å²) < 4.78 is 10.5. The maximum Gasteiger partial charge on any atom is 0.227 e. The molecule has 0 aliphatic heterocycles. The number of nitrogens with one attached hydrogen (secondary N) is 1. The van der Waals surface area contributed by atoms with Gasteiger partial charge in [-0.1, -0.05) is 6.42 Å². The number of nitrogens with two attached hydrogens (primary N) is 1. The van der Waals surface area contributed by atoms with Gasteiger partial charge in [-0.25, -0.2) is 0 Å². The first-order valence-corrected chi connectivity index (χ1v) is 7.34. The van der Waals surface area contributed by atoms with E-state index in [4.69, 9.17) is 15.2 Å². The van der Waals surface area contributed by atoms with Gasteiger partial charge >= 0.3 is 0 Å². The van der Waals surface area contributed by atoms with E-state index >= 15 is 0 Å². The summed E-state index contributed by atoms with van der Waals surface area (Å²) in [5, 5.41) is 3.01. The molecule has 0 aromatic heterocycles. The Kier molecular flexibility index (Phi) is 5.07. The van der Waals surface area contributed by atoms with Gasteiger partial charge in [0, 0.05) is 17.7 Å². The number of hydrogen-bond acceptors (Lipinski definition) is 4. The summed E-state index contributed by atoms with van der Waals surface area (Å²) in [6, 6.07) is 3.67. The lowest BCUT2D eigenvalue weighted by Gasteiger charge is -2.19. The number of carbonyl (C=O) groups excluding carboxylic acids is 1. The molecule has 1 amide bonds. The van der Waals surface area contributed by atoms with Gasteiger partial charge in [0.25, 0.3) is 0 Å². The molecule has 0 heterocycles. The molecule has 0 unspecified atom stereocenters. The molecular formula is C16H24N2O3. The molecule has 5 nitrogen and oxygen atoms in total. The van der Waals surface area contributed by atoms with E-state index in [2.05, 4.69) is 5.32 Å². The highest BCUT2D eigenvalue weighted by Crippen LogP contribution is 2.35. The average Bonchev–Trinajstić information content (AvgIpc) is 2.97. The van der Waals surface area contributed by atoms with Crippen molar-refractivity contribution in [2.45, 2.75) is 26.2 Å². The van der Waals surface area contributed by atoms with Gasteiger partial charge in [-0.15, -0.1) is 0 Å². The molecule has 1 aromatic rings. The third-order valence-electron chi connectivity index (χ3n) is 4.29. The summed E-state index contributed by atoms with van der Waals surface area (Å²) in [4.78, 5) is 12.5. The summed E-state index contributed by atoms with van der Waals surface area (Å²) in [7, 11) is 3.18. The zero-order valence-electron chi connectivity index (χ0n) is 12.9. The molecule has 0 saturated heterocycles. The largest absolute Gasteiger partial charge is 0.493 e. The molecule has 21 heavy (non-hydrogen) atoms. The van der Waals surface area contributed by atoms with E-state index < -0.39 is 0 Å². The van der Waals surface area contributed by atoms with Crippen molar-refractivity contribution in [3.8, 4) is 11.5 Å². The smallest absolute Gasteiger partial charge is 0.227 e. The third-order valence-corrected chi connectivity index (χ3v) is 4.29. The van der Waals surface area contributed by atoms with Crippen LogP contribution in [-0.4, -0.2) is 26.7 Å². The van der Waals surface area contributed by atoms with Crippen molar-refractivity contribution in [1.29, 1.82) is 0 Å². The summed E-state index contributed by atoms with van der Waals surface area (Å²) in [5.74, 6) is 1.64. The second kappa shape index (κ2) is 6.80. The van der Waals surface area contributed by atoms with E-state index in [1.807, 2.05) is 13.0 Å². The van der Waals surface area contributed by atoms with Gasteiger partial charge in [0.15, 0.2) is 11.5 Å². The Morgan fingerprint density at radius 3 is 2.57 bits per heavy atom. The molecular weight excluding hydrogens is 268 g/mol. The van der Waals surface area contributed by atoms with Gasteiger partial charge in [-0.05, 0) is 43.9 Å². The van der Waals surface area contributed by atoms with Crippen molar-refractivity contribution in [2.24, 2.45) is 17.6 Å². The quantitative estimate of drug-likeness (QED) is 0.873. The second-order valence-electron chi connectivity index (χ2n) is 5.54. The Morgan fingerprint density at radius 1 is 1.29 bits per heavy atom. The monoisotopic (exact) mass is 292 g/mol. The van der Waals surface area contributed by atoms with Crippen LogP contribution < -0.4 is 20.5 Å². The number of carbonyl (C=O) groups is 1. The summed E-state index contributed by atoms with van der Waals surface area (Å²) in [5.41, 5.74) is 7.46. The topological polar surface area (TPSA) is 73.6 Å². The van der Waals surface area contributed by atoms with Crippen LogP contribution in [0, 0.1) is 18.8 Å². The van der Waals surface area contributed by atoms with Crippen molar-refractivity contribution in [3.63, 3.8) is 0 Å². The lowest BCUT2D eigenvalue weighted by molar-refractivity contribution is -0.120. The lowest BCUT2D eigenvalue weighted by Crippen LogP contribution is -2.30. The van der Waals surface area contributed by atoms with Crippen LogP contribution in [0.2, 0.25) is 0 Å². The maximum atomic E-state index is 12.5. The second-order valence-corrected chi connectivity index (χ2v) is 5.54. The molecule has 3 N–H and O–H groups in total. The fourth-order valence-corrected chi connectivity index (χ4v) is 3.00. The van der Waals surface area contributed by atoms with E-state index in [-0.39, 0.29) is 11.8 Å². The van der Waals surface area contributed by atoms with Crippen LogP contribution >= 0.6 is 0 Å². The fraction of sp³-hybridized carbons (Fsp3) is 0.562. The Labute approximate surface area is 125 Å². The molecule has 0 spiro atoms. The van der Waals surface area contributed by atoms with E-state index in [0.717, 1.165) is 30.5 Å². The summed E-state index contributed by atoms with van der Waals surface area (Å²) in [6.07, 6.45) is 3.03. The van der Waals surface area contributed by atoms with Crippen LogP contribution in [0.3, 0.4) is 0 Å². The Balaban J connectivity index is 2.17. The van der Waals surface area contributed by atoms with Gasteiger partial charge in [-0.2, -0.15) is 0 Å². The van der Waals surface area contributed by atoms with Crippen LogP contribution in [0.15, 0.2) is 12.1 Å². The minimum absolute atomic E-state index is 0.0162. The van der Waals surface area contributed by atoms with Crippen molar-refractivity contribution in [3.05, 3.63) is 17.7 Å². The molecule has 5 heteroatoms. The number of ether oxygens (including phenoxy) is 2. The van der Waals surface area contributed by atoms with E-state index in [1.54, 1.807) is 20.3 Å². The van der Waals surface area contributed by atoms with Crippen LogP contribution in [0.5, 0.6) is 11.5 Å². The predicted molar refractivity (Wildman–Crippen MR) is 82.8 cm³/mol. The maximum absolute atomic E-state index is 12.5. The molecule has 1 fully saturated rings. The van der Waals surface area contributed by atoms with Crippen LogP contribution in [0.4, 0.5) is 5.69 Å². The van der Waals surface area contributed by atoms with Crippen LogP contribution in [-0.2, 0) is 4.79 Å². The summed E-state index contributed by atoms with van der Waals surface area (Å²) in [6.45, 7) is 2.51. The van der Waals surface area contributed by atoms with Gasteiger partial charge in [0.1, 0.15) is 0 Å². The molecule has 2 atom stereocenters. The number of rotatable bonds is 5. The normalized spacial score (nSPS) is 21.1. The minimum atomic E-state index is 0.0162. The molecule has 2 rings (SSSR count). The highest BCUT2D eigenvalue weighted by Gasteiger charge is 2.32. The Bertz CT molecular complexity index is 516. The number of aryl methyl sites for hydroxylation is 1. The van der Waals surface area contributed by atoms with Gasteiger partial charge in [0.2, 0.25) is 5.91 Å². The standard InChI is InChI=1S/C16H24N2O3/c1-10-7-14(20-2)15(21-3)8-13(10)18-16(19)12-6-4-5-11(12)9-17/h7-8,11-12H,4-6,9,17H2,1-3H3,(H,18,19)/t11-,12-/m1/s1. The molecule has 0 bridgehead atoms. The zero-order chi connectivity index (χ0) is 15.4. The number of benzene rings is 1. The van der Waals surface area contributed by atoms with Gasteiger partial charge in [0.05, 0.1) is 14.2 Å². The van der Waals surface area contributed by atoms with Crippen molar-refractivity contribution in [2.75, 3.05) is 26.1 Å². The first kappa shape index (κ1) is 15.6. The highest BCUT2D eigenvalue weighted by atomic mass is 16.5. The first-order valence-electron chi connectivity index (χ1n) is 7.34. The van der Waals surface area contributed by atoms with E-state index in [0.29, 0.717) is 24.0 Å².